The fraction of sp³-hybridized carbons (Fsp3) is 0.500. The van der Waals surface area contributed by atoms with Crippen LogP contribution in [0.2, 0.25) is 0 Å². The molecule has 3 nitrogen and oxygen atoms in total. The van der Waals surface area contributed by atoms with E-state index in [2.05, 4.69) is 47.2 Å². The fourth-order valence-corrected chi connectivity index (χ4v) is 1.71. The number of hydrogen-bond acceptors (Lipinski definition) is 2. The van der Waals surface area contributed by atoms with Crippen LogP contribution in [0.4, 0.5) is 0 Å². The van der Waals surface area contributed by atoms with Crippen LogP contribution in [0.3, 0.4) is 0 Å². The Kier molecular flexibility index (Phi) is 6.19. The van der Waals surface area contributed by atoms with Crippen LogP contribution in [-0.4, -0.2) is 23.9 Å². The predicted octanol–water partition coefficient (Wildman–Crippen LogP) is 3.09. The molecule has 1 unspecified atom stereocenters. The average Bonchev–Trinajstić information content (AvgIpc) is 2.36. The number of amides is 1. The summed E-state index contributed by atoms with van der Waals surface area (Å²) in [6.07, 6.45) is -0.0436. The second kappa shape index (κ2) is 7.41. The summed E-state index contributed by atoms with van der Waals surface area (Å²) in [5, 5.41) is 3.09. The lowest BCUT2D eigenvalue weighted by molar-refractivity contribution is -0.118. The van der Waals surface area contributed by atoms with Gasteiger partial charge in [-0.2, -0.15) is 0 Å². The van der Waals surface area contributed by atoms with Crippen molar-refractivity contribution in [3.63, 3.8) is 0 Å². The van der Waals surface area contributed by atoms with E-state index >= 15 is 0 Å². The molecule has 0 aliphatic rings. The number of nitrogens with one attached hydrogen (secondary N) is 1. The summed E-state index contributed by atoms with van der Waals surface area (Å²) in [7, 11) is 0. The molecule has 1 rings (SSSR count). The van der Waals surface area contributed by atoms with Gasteiger partial charge in [0.05, 0.1) is 11.9 Å². The molecule has 1 N–H and O–H groups in total. The third-order valence-electron chi connectivity index (χ3n) is 2.59. The van der Waals surface area contributed by atoms with Crippen molar-refractivity contribution < 1.29 is 9.53 Å². The van der Waals surface area contributed by atoms with Crippen LogP contribution in [0.5, 0.6) is 5.75 Å². The van der Waals surface area contributed by atoms with Gasteiger partial charge in [-0.15, -0.1) is 0 Å². The quantitative estimate of drug-likeness (QED) is 0.820. The summed E-state index contributed by atoms with van der Waals surface area (Å²) >= 11 is 3.10. The second-order valence-corrected chi connectivity index (χ2v) is 5.15. The van der Waals surface area contributed by atoms with Gasteiger partial charge in [0, 0.05) is 0 Å². The highest BCUT2D eigenvalue weighted by atomic mass is 79.9. The molecule has 1 aromatic rings. The van der Waals surface area contributed by atoms with Gasteiger partial charge >= 0.3 is 0 Å². The Morgan fingerprint density at radius 2 is 1.89 bits per heavy atom. The first-order valence-corrected chi connectivity index (χ1v) is 7.24. The van der Waals surface area contributed by atoms with E-state index in [1.807, 2.05) is 19.1 Å². The molecule has 18 heavy (non-hydrogen) atoms. The lowest BCUT2D eigenvalue weighted by atomic mass is 10.0. The number of halogens is 1. The Morgan fingerprint density at radius 1 is 1.28 bits per heavy atom. The number of ether oxygens (including phenoxy) is 1. The van der Waals surface area contributed by atoms with Crippen molar-refractivity contribution >= 4 is 21.8 Å². The minimum atomic E-state index is -0.0436. The van der Waals surface area contributed by atoms with Crippen molar-refractivity contribution in [3.05, 3.63) is 29.8 Å². The van der Waals surface area contributed by atoms with Crippen molar-refractivity contribution in [1.29, 1.82) is 0 Å². The number of hydrogen-bond donors (Lipinski definition) is 1. The number of alkyl halides is 1. The molecule has 0 aliphatic heterocycles. The molecule has 0 heterocycles. The van der Waals surface area contributed by atoms with E-state index in [1.54, 1.807) is 0 Å². The average molecular weight is 314 g/mol. The maximum Gasteiger partial charge on any atom is 0.230 e. The van der Waals surface area contributed by atoms with Gasteiger partial charge in [0.2, 0.25) is 5.91 Å². The number of rotatable bonds is 6. The van der Waals surface area contributed by atoms with E-state index in [0.29, 0.717) is 17.8 Å². The lowest BCUT2D eigenvalue weighted by Crippen LogP contribution is -2.34. The third-order valence-corrected chi connectivity index (χ3v) is 3.10. The summed E-state index contributed by atoms with van der Waals surface area (Å²) in [6, 6.07) is 8.09. The highest BCUT2D eigenvalue weighted by Crippen LogP contribution is 2.19. The van der Waals surface area contributed by atoms with Crippen LogP contribution in [0.25, 0.3) is 0 Å². The number of carbonyl (C=O) groups excluding carboxylic acids is 1. The summed E-state index contributed by atoms with van der Waals surface area (Å²) in [4.78, 5) is 11.1. The van der Waals surface area contributed by atoms with Gasteiger partial charge in [0.15, 0.2) is 0 Å². The van der Waals surface area contributed by atoms with Crippen LogP contribution in [0, 0.1) is 0 Å². The van der Waals surface area contributed by atoms with Crippen LogP contribution < -0.4 is 10.1 Å². The van der Waals surface area contributed by atoms with Crippen LogP contribution in [0.15, 0.2) is 24.3 Å². The molecule has 0 fully saturated rings. The van der Waals surface area contributed by atoms with Crippen molar-refractivity contribution in [2.45, 2.75) is 32.8 Å². The molecule has 4 heteroatoms. The second-order valence-electron chi connectivity index (χ2n) is 4.59. The number of carbonyl (C=O) groups is 1. The lowest BCUT2D eigenvalue weighted by Gasteiger charge is -2.15. The molecule has 100 valence electrons. The van der Waals surface area contributed by atoms with E-state index in [0.717, 1.165) is 5.75 Å². The van der Waals surface area contributed by atoms with Crippen molar-refractivity contribution in [1.82, 2.24) is 5.32 Å². The van der Waals surface area contributed by atoms with E-state index in [1.165, 1.54) is 5.56 Å². The monoisotopic (exact) mass is 313 g/mol. The smallest absolute Gasteiger partial charge is 0.230 e. The van der Waals surface area contributed by atoms with Gasteiger partial charge in [0.1, 0.15) is 11.9 Å². The SMILES string of the molecule is CC(CNC(=O)CBr)Oc1ccc(C(C)C)cc1. The zero-order valence-corrected chi connectivity index (χ0v) is 12.7. The highest BCUT2D eigenvalue weighted by Gasteiger charge is 2.06. The third kappa shape index (κ3) is 5.08. The van der Waals surface area contributed by atoms with Crippen molar-refractivity contribution in [2.75, 3.05) is 11.9 Å². The zero-order valence-electron chi connectivity index (χ0n) is 11.1. The zero-order chi connectivity index (χ0) is 13.5. The Hall–Kier alpha value is -1.03. The molecular weight excluding hydrogens is 294 g/mol. The molecule has 0 radical (unpaired) electrons. The first-order valence-electron chi connectivity index (χ1n) is 6.12. The summed E-state index contributed by atoms with van der Waals surface area (Å²) < 4.78 is 5.71. The maximum absolute atomic E-state index is 11.1. The van der Waals surface area contributed by atoms with E-state index in [-0.39, 0.29) is 12.0 Å². The Labute approximate surface area is 117 Å². The minimum absolute atomic E-state index is 0.0272. The molecule has 0 spiro atoms. The standard InChI is InChI=1S/C14H20BrNO2/c1-10(2)12-4-6-13(7-5-12)18-11(3)9-16-14(17)8-15/h4-7,10-11H,8-9H2,1-3H3,(H,16,17). The number of benzene rings is 1. The molecule has 0 saturated heterocycles. The van der Waals surface area contributed by atoms with E-state index < -0.39 is 0 Å². The highest BCUT2D eigenvalue weighted by molar-refractivity contribution is 9.09. The van der Waals surface area contributed by atoms with Gasteiger partial charge in [-0.05, 0) is 30.5 Å². The molecular formula is C14H20BrNO2. The molecule has 1 amide bonds. The van der Waals surface area contributed by atoms with Crippen LogP contribution >= 0.6 is 15.9 Å². The summed E-state index contributed by atoms with van der Waals surface area (Å²) in [6.45, 7) is 6.77. The van der Waals surface area contributed by atoms with Gasteiger partial charge in [0.25, 0.3) is 0 Å². The minimum Gasteiger partial charge on any atom is -0.489 e. The van der Waals surface area contributed by atoms with Gasteiger partial charge in [-0.25, -0.2) is 0 Å². The Balaban J connectivity index is 2.44. The molecule has 0 aromatic heterocycles. The van der Waals surface area contributed by atoms with Crippen molar-refractivity contribution in [3.8, 4) is 5.75 Å². The van der Waals surface area contributed by atoms with E-state index in [9.17, 15) is 4.79 Å². The molecule has 0 bridgehead atoms. The maximum atomic E-state index is 11.1. The fourth-order valence-electron chi connectivity index (χ4n) is 1.51. The normalized spacial score (nSPS) is 12.3. The first kappa shape index (κ1) is 15.0. The van der Waals surface area contributed by atoms with Crippen LogP contribution in [-0.2, 0) is 4.79 Å². The molecule has 1 atom stereocenters. The topological polar surface area (TPSA) is 38.3 Å². The van der Waals surface area contributed by atoms with E-state index in [4.69, 9.17) is 4.74 Å². The Morgan fingerprint density at radius 3 is 2.39 bits per heavy atom. The largest absolute Gasteiger partial charge is 0.489 e. The summed E-state index contributed by atoms with van der Waals surface area (Å²) in [5.41, 5.74) is 1.29. The summed E-state index contributed by atoms with van der Waals surface area (Å²) in [5.74, 6) is 1.33. The van der Waals surface area contributed by atoms with Crippen LogP contribution in [0.1, 0.15) is 32.3 Å². The molecule has 1 aromatic carbocycles. The van der Waals surface area contributed by atoms with Gasteiger partial charge < -0.3 is 10.1 Å². The predicted molar refractivity (Wildman–Crippen MR) is 77.4 cm³/mol. The van der Waals surface area contributed by atoms with Gasteiger partial charge in [-0.3, -0.25) is 4.79 Å². The first-order chi connectivity index (χ1) is 8.52. The van der Waals surface area contributed by atoms with Crippen molar-refractivity contribution in [2.24, 2.45) is 0 Å². The molecule has 0 aliphatic carbocycles. The molecule has 0 saturated carbocycles. The Bertz CT molecular complexity index is 376. The van der Waals surface area contributed by atoms with Gasteiger partial charge in [-0.1, -0.05) is 41.9 Å².